The van der Waals surface area contributed by atoms with Gasteiger partial charge in [0.25, 0.3) is 0 Å². The number of anilines is 1. The summed E-state index contributed by atoms with van der Waals surface area (Å²) < 4.78 is 17.1. The van der Waals surface area contributed by atoms with Gasteiger partial charge in [0, 0.05) is 18.5 Å². The van der Waals surface area contributed by atoms with E-state index in [-0.39, 0.29) is 23.3 Å². The average Bonchev–Trinajstić information content (AvgIpc) is 3.34. The molecule has 0 unspecified atom stereocenters. The Morgan fingerprint density at radius 1 is 0.900 bits per heavy atom. The Bertz CT molecular complexity index is 1300. The number of carbonyl (C=O) groups is 2. The van der Waals surface area contributed by atoms with Gasteiger partial charge in [-0.15, -0.1) is 0 Å². The SMILES string of the molecule is COc1cc2c(c(OC)c1OC)-c1ccc(N[C@@H](C)C(=O)NC3CCCCCC3)c(=O)cc1[C@@H](NC(C)=O)CC2. The van der Waals surface area contributed by atoms with Gasteiger partial charge < -0.3 is 30.2 Å². The van der Waals surface area contributed by atoms with Crippen molar-refractivity contribution in [3.63, 3.8) is 0 Å². The first-order valence-electron chi connectivity index (χ1n) is 14.1. The van der Waals surface area contributed by atoms with Crippen molar-refractivity contribution in [3.05, 3.63) is 45.6 Å². The van der Waals surface area contributed by atoms with Crippen LogP contribution in [0.5, 0.6) is 17.2 Å². The number of hydrogen-bond acceptors (Lipinski definition) is 7. The molecule has 0 heterocycles. The minimum absolute atomic E-state index is 0.126. The summed E-state index contributed by atoms with van der Waals surface area (Å²) in [4.78, 5) is 38.7. The number of benzene rings is 1. The maximum atomic E-state index is 13.5. The molecule has 2 aromatic carbocycles. The predicted octanol–water partition coefficient (Wildman–Crippen LogP) is 4.50. The van der Waals surface area contributed by atoms with Crippen LogP contribution in [0.1, 0.15) is 76.0 Å². The standard InChI is InChI=1S/C31H41N3O6/c1-18(31(37)34-21-10-8-6-7-9-11-21)32-25-15-13-22-23(17-26(25)36)24(33-19(2)35)14-12-20-16-27(38-3)29(39-4)30(40-5)28(20)22/h13,15-18,21,24H,6-12,14H2,1-5H3,(H,32,36)(H,33,35)(H,34,37)/t18-,24-/m0/s1. The van der Waals surface area contributed by atoms with E-state index in [1.54, 1.807) is 40.4 Å². The van der Waals surface area contributed by atoms with Crippen LogP contribution in [0.3, 0.4) is 0 Å². The van der Waals surface area contributed by atoms with Crippen LogP contribution in [-0.4, -0.2) is 45.2 Å². The molecule has 0 aliphatic heterocycles. The molecule has 3 N–H and O–H groups in total. The number of aryl methyl sites for hydroxylation is 1. The van der Waals surface area contributed by atoms with Crippen LogP contribution in [0.4, 0.5) is 5.69 Å². The predicted molar refractivity (Wildman–Crippen MR) is 155 cm³/mol. The van der Waals surface area contributed by atoms with Crippen molar-refractivity contribution in [1.29, 1.82) is 0 Å². The summed E-state index contributed by atoms with van der Waals surface area (Å²) in [6.45, 7) is 3.23. The molecule has 1 fully saturated rings. The highest BCUT2D eigenvalue weighted by molar-refractivity contribution is 5.86. The lowest BCUT2D eigenvalue weighted by molar-refractivity contribution is -0.122. The zero-order valence-corrected chi connectivity index (χ0v) is 24.1. The molecule has 2 atom stereocenters. The zero-order valence-electron chi connectivity index (χ0n) is 24.1. The molecule has 0 saturated heterocycles. The molecule has 2 aliphatic rings. The van der Waals surface area contributed by atoms with Crippen LogP contribution in [0.15, 0.2) is 29.1 Å². The zero-order chi connectivity index (χ0) is 28.8. The molecule has 2 amide bonds. The van der Waals surface area contributed by atoms with Crippen molar-refractivity contribution in [2.45, 2.75) is 83.3 Å². The molecule has 2 aliphatic carbocycles. The van der Waals surface area contributed by atoms with Gasteiger partial charge in [0.05, 0.1) is 33.1 Å². The Kier molecular flexibility index (Phi) is 9.55. The maximum absolute atomic E-state index is 13.5. The molecule has 9 nitrogen and oxygen atoms in total. The summed E-state index contributed by atoms with van der Waals surface area (Å²) in [7, 11) is 4.69. The third-order valence-electron chi connectivity index (χ3n) is 7.88. The third kappa shape index (κ3) is 6.35. The lowest BCUT2D eigenvalue weighted by Gasteiger charge is -2.20. The topological polar surface area (TPSA) is 115 Å². The summed E-state index contributed by atoms with van der Waals surface area (Å²) in [5.41, 5.74) is 3.18. The molecule has 9 heteroatoms. The van der Waals surface area contributed by atoms with E-state index in [2.05, 4.69) is 16.0 Å². The molecular formula is C31H41N3O6. The van der Waals surface area contributed by atoms with E-state index in [4.69, 9.17) is 14.2 Å². The Morgan fingerprint density at radius 2 is 1.60 bits per heavy atom. The maximum Gasteiger partial charge on any atom is 0.242 e. The van der Waals surface area contributed by atoms with E-state index >= 15 is 0 Å². The molecule has 0 bridgehead atoms. The minimum atomic E-state index is -0.601. The highest BCUT2D eigenvalue weighted by atomic mass is 16.5. The second-order valence-corrected chi connectivity index (χ2v) is 10.7. The van der Waals surface area contributed by atoms with Gasteiger partial charge in [-0.25, -0.2) is 0 Å². The molecule has 4 rings (SSSR count). The fraction of sp³-hybridized carbons (Fsp3) is 0.516. The van der Waals surface area contributed by atoms with Crippen molar-refractivity contribution in [1.82, 2.24) is 10.6 Å². The number of nitrogens with one attached hydrogen (secondary N) is 3. The fourth-order valence-corrected chi connectivity index (χ4v) is 5.88. The number of hydrogen-bond donors (Lipinski definition) is 3. The summed E-state index contributed by atoms with van der Waals surface area (Å²) in [6, 6.07) is 6.19. The summed E-state index contributed by atoms with van der Waals surface area (Å²) in [5, 5.41) is 9.30. The monoisotopic (exact) mass is 551 g/mol. The van der Waals surface area contributed by atoms with Gasteiger partial charge in [-0.05, 0) is 67.5 Å². The molecule has 216 valence electrons. The third-order valence-corrected chi connectivity index (χ3v) is 7.88. The number of carbonyl (C=O) groups excluding carboxylic acids is 2. The number of methoxy groups -OCH3 is 3. The van der Waals surface area contributed by atoms with Crippen LogP contribution in [0.25, 0.3) is 11.1 Å². The van der Waals surface area contributed by atoms with Gasteiger partial charge in [0.15, 0.2) is 11.5 Å². The Balaban J connectivity index is 1.76. The van der Waals surface area contributed by atoms with E-state index in [0.717, 1.165) is 42.4 Å². The van der Waals surface area contributed by atoms with Crippen molar-refractivity contribution in [3.8, 4) is 28.4 Å². The molecule has 0 aromatic heterocycles. The van der Waals surface area contributed by atoms with Crippen LogP contribution >= 0.6 is 0 Å². The van der Waals surface area contributed by atoms with Gasteiger partial charge in [-0.3, -0.25) is 14.4 Å². The lowest BCUT2D eigenvalue weighted by Crippen LogP contribution is -2.43. The number of fused-ring (bicyclic) bond motifs is 3. The first-order chi connectivity index (χ1) is 19.3. The highest BCUT2D eigenvalue weighted by Crippen LogP contribution is 2.50. The lowest BCUT2D eigenvalue weighted by atomic mass is 9.95. The van der Waals surface area contributed by atoms with Crippen LogP contribution in [0.2, 0.25) is 0 Å². The van der Waals surface area contributed by atoms with Crippen molar-refractivity contribution in [2.24, 2.45) is 0 Å². The van der Waals surface area contributed by atoms with Crippen LogP contribution in [0, 0.1) is 0 Å². The van der Waals surface area contributed by atoms with Gasteiger partial charge in [0.2, 0.25) is 23.0 Å². The molecule has 1 saturated carbocycles. The molecular weight excluding hydrogens is 510 g/mol. The first kappa shape index (κ1) is 29.2. The van der Waals surface area contributed by atoms with Crippen LogP contribution in [-0.2, 0) is 16.0 Å². The van der Waals surface area contributed by atoms with E-state index < -0.39 is 12.1 Å². The van der Waals surface area contributed by atoms with Gasteiger partial charge in [-0.1, -0.05) is 31.7 Å². The quantitative estimate of drug-likeness (QED) is 0.414. The largest absolute Gasteiger partial charge is 0.493 e. The van der Waals surface area contributed by atoms with Gasteiger partial charge >= 0.3 is 0 Å². The fourth-order valence-electron chi connectivity index (χ4n) is 5.88. The second kappa shape index (κ2) is 13.1. The second-order valence-electron chi connectivity index (χ2n) is 10.7. The molecule has 2 aromatic rings. The summed E-state index contributed by atoms with van der Waals surface area (Å²) >= 11 is 0. The summed E-state index contributed by atoms with van der Waals surface area (Å²) in [5.74, 6) is 1.16. The van der Waals surface area contributed by atoms with E-state index in [1.807, 2.05) is 12.1 Å². The molecule has 0 spiro atoms. The van der Waals surface area contributed by atoms with E-state index in [9.17, 15) is 14.4 Å². The van der Waals surface area contributed by atoms with E-state index in [0.29, 0.717) is 41.3 Å². The number of amides is 2. The van der Waals surface area contributed by atoms with Gasteiger partial charge in [-0.2, -0.15) is 0 Å². The number of ether oxygens (including phenoxy) is 3. The highest BCUT2D eigenvalue weighted by Gasteiger charge is 2.29. The van der Waals surface area contributed by atoms with Crippen molar-refractivity contribution >= 4 is 17.5 Å². The normalized spacial score (nSPS) is 17.7. The Labute approximate surface area is 236 Å². The smallest absolute Gasteiger partial charge is 0.242 e. The Morgan fingerprint density at radius 3 is 2.23 bits per heavy atom. The Hall–Kier alpha value is -3.75. The summed E-state index contributed by atoms with van der Waals surface area (Å²) in [6.07, 6.45) is 7.81. The molecule has 0 radical (unpaired) electrons. The van der Waals surface area contributed by atoms with Crippen molar-refractivity contribution < 1.29 is 23.8 Å². The molecule has 40 heavy (non-hydrogen) atoms. The first-order valence-corrected chi connectivity index (χ1v) is 14.1. The van der Waals surface area contributed by atoms with E-state index in [1.165, 1.54) is 19.8 Å². The minimum Gasteiger partial charge on any atom is -0.493 e. The van der Waals surface area contributed by atoms with Crippen LogP contribution < -0.4 is 35.6 Å². The average molecular weight is 552 g/mol. The number of rotatable bonds is 8. The van der Waals surface area contributed by atoms with Crippen molar-refractivity contribution in [2.75, 3.05) is 26.6 Å². The van der Waals surface area contributed by atoms with Gasteiger partial charge in [0.1, 0.15) is 6.04 Å².